The second-order valence-corrected chi connectivity index (χ2v) is 5.39. The molecule has 1 heterocycles. The number of carbonyl (C=O) groups is 1. The van der Waals surface area contributed by atoms with Crippen LogP contribution < -0.4 is 5.32 Å². The fourth-order valence-corrected chi connectivity index (χ4v) is 2.42. The molecule has 0 amide bonds. The molecular formula is C16H18N2O2. The predicted octanol–water partition coefficient (Wildman–Crippen LogP) is 3.54. The van der Waals surface area contributed by atoms with Crippen molar-refractivity contribution in [3.05, 3.63) is 35.9 Å². The lowest BCUT2D eigenvalue weighted by molar-refractivity contribution is 0.0698. The van der Waals surface area contributed by atoms with Gasteiger partial charge in [-0.05, 0) is 30.9 Å². The van der Waals surface area contributed by atoms with Crippen LogP contribution in [0.4, 0.5) is 5.82 Å². The SMILES string of the molecule is O=C(O)c1cc2ccccc2nc1NCCCC1CC1. The molecule has 0 atom stereocenters. The summed E-state index contributed by atoms with van der Waals surface area (Å²) in [5.41, 5.74) is 1.07. The van der Waals surface area contributed by atoms with Gasteiger partial charge in [0.25, 0.3) is 0 Å². The minimum Gasteiger partial charge on any atom is -0.478 e. The Morgan fingerprint density at radius 1 is 1.35 bits per heavy atom. The van der Waals surface area contributed by atoms with Crippen LogP contribution in [-0.4, -0.2) is 22.6 Å². The molecule has 104 valence electrons. The second-order valence-electron chi connectivity index (χ2n) is 5.39. The number of hydrogen-bond donors (Lipinski definition) is 2. The Morgan fingerprint density at radius 2 is 2.15 bits per heavy atom. The van der Waals surface area contributed by atoms with Crippen molar-refractivity contribution in [2.24, 2.45) is 5.92 Å². The van der Waals surface area contributed by atoms with Gasteiger partial charge in [-0.15, -0.1) is 0 Å². The van der Waals surface area contributed by atoms with Gasteiger partial charge in [-0.3, -0.25) is 0 Å². The number of aromatic nitrogens is 1. The summed E-state index contributed by atoms with van der Waals surface area (Å²) >= 11 is 0. The number of pyridine rings is 1. The van der Waals surface area contributed by atoms with E-state index in [2.05, 4.69) is 10.3 Å². The summed E-state index contributed by atoms with van der Waals surface area (Å²) in [6.07, 6.45) is 5.00. The molecule has 1 aromatic heterocycles. The Labute approximate surface area is 117 Å². The number of nitrogens with zero attached hydrogens (tertiary/aromatic N) is 1. The molecule has 3 rings (SSSR count). The zero-order valence-corrected chi connectivity index (χ0v) is 11.3. The van der Waals surface area contributed by atoms with E-state index < -0.39 is 5.97 Å². The van der Waals surface area contributed by atoms with E-state index in [4.69, 9.17) is 0 Å². The van der Waals surface area contributed by atoms with Crippen molar-refractivity contribution in [2.75, 3.05) is 11.9 Å². The molecule has 1 aliphatic rings. The molecular weight excluding hydrogens is 252 g/mol. The third-order valence-corrected chi connectivity index (χ3v) is 3.73. The standard InChI is InChI=1S/C16H18N2O2/c19-16(20)13-10-12-5-1-2-6-14(12)18-15(13)17-9-3-4-11-7-8-11/h1-2,5-6,10-11H,3-4,7-9H2,(H,17,18)(H,19,20). The highest BCUT2D eigenvalue weighted by Gasteiger charge is 2.20. The van der Waals surface area contributed by atoms with Crippen molar-refractivity contribution in [1.29, 1.82) is 0 Å². The Bertz CT molecular complexity index is 635. The first-order valence-electron chi connectivity index (χ1n) is 7.11. The summed E-state index contributed by atoms with van der Waals surface area (Å²) in [5, 5.41) is 13.3. The van der Waals surface area contributed by atoms with E-state index in [-0.39, 0.29) is 5.56 Å². The quantitative estimate of drug-likeness (QED) is 0.788. The molecule has 0 saturated heterocycles. The number of rotatable bonds is 6. The average Bonchev–Trinajstić information content (AvgIpc) is 3.26. The highest BCUT2D eigenvalue weighted by Crippen LogP contribution is 2.33. The molecule has 1 saturated carbocycles. The summed E-state index contributed by atoms with van der Waals surface area (Å²) in [4.78, 5) is 15.8. The molecule has 1 fully saturated rings. The normalized spacial score (nSPS) is 14.4. The predicted molar refractivity (Wildman–Crippen MR) is 79.2 cm³/mol. The molecule has 0 radical (unpaired) electrons. The number of carboxylic acid groups (broad SMARTS) is 1. The van der Waals surface area contributed by atoms with Gasteiger partial charge in [-0.2, -0.15) is 0 Å². The van der Waals surface area contributed by atoms with Crippen LogP contribution in [0.1, 0.15) is 36.0 Å². The van der Waals surface area contributed by atoms with Crippen LogP contribution in [0.3, 0.4) is 0 Å². The van der Waals surface area contributed by atoms with Gasteiger partial charge in [0.15, 0.2) is 0 Å². The van der Waals surface area contributed by atoms with Gasteiger partial charge in [-0.1, -0.05) is 31.0 Å². The lowest BCUT2D eigenvalue weighted by atomic mass is 10.1. The lowest BCUT2D eigenvalue weighted by Crippen LogP contribution is -2.10. The maximum atomic E-state index is 11.3. The van der Waals surface area contributed by atoms with Crippen molar-refractivity contribution in [1.82, 2.24) is 4.98 Å². The minimum atomic E-state index is -0.937. The van der Waals surface area contributed by atoms with Crippen molar-refractivity contribution in [3.63, 3.8) is 0 Å². The third kappa shape index (κ3) is 2.90. The molecule has 4 nitrogen and oxygen atoms in total. The molecule has 4 heteroatoms. The van der Waals surface area contributed by atoms with E-state index in [1.165, 1.54) is 19.3 Å². The van der Waals surface area contributed by atoms with Crippen molar-refractivity contribution in [3.8, 4) is 0 Å². The van der Waals surface area contributed by atoms with Crippen LogP contribution >= 0.6 is 0 Å². The van der Waals surface area contributed by atoms with Gasteiger partial charge in [0.05, 0.1) is 5.52 Å². The minimum absolute atomic E-state index is 0.245. The molecule has 2 N–H and O–H groups in total. The van der Waals surface area contributed by atoms with Crippen LogP contribution in [0, 0.1) is 5.92 Å². The number of para-hydroxylation sites is 1. The van der Waals surface area contributed by atoms with E-state index in [1.54, 1.807) is 6.07 Å². The lowest BCUT2D eigenvalue weighted by Gasteiger charge is -2.10. The van der Waals surface area contributed by atoms with E-state index >= 15 is 0 Å². The number of carboxylic acids is 1. The highest BCUT2D eigenvalue weighted by molar-refractivity contribution is 5.98. The number of aromatic carboxylic acids is 1. The molecule has 0 aliphatic heterocycles. The van der Waals surface area contributed by atoms with Gasteiger partial charge in [0.1, 0.15) is 11.4 Å². The Balaban J connectivity index is 1.78. The second kappa shape index (κ2) is 5.49. The van der Waals surface area contributed by atoms with Crippen molar-refractivity contribution < 1.29 is 9.90 Å². The molecule has 20 heavy (non-hydrogen) atoms. The average molecular weight is 270 g/mol. The fourth-order valence-electron chi connectivity index (χ4n) is 2.42. The van der Waals surface area contributed by atoms with Gasteiger partial charge in [0.2, 0.25) is 0 Å². The first-order valence-corrected chi connectivity index (χ1v) is 7.11. The smallest absolute Gasteiger partial charge is 0.339 e. The first kappa shape index (κ1) is 12.9. The van der Waals surface area contributed by atoms with Crippen LogP contribution in [0.2, 0.25) is 0 Å². The zero-order chi connectivity index (χ0) is 13.9. The summed E-state index contributed by atoms with van der Waals surface area (Å²) in [7, 11) is 0. The van der Waals surface area contributed by atoms with Crippen LogP contribution in [0.15, 0.2) is 30.3 Å². The Morgan fingerprint density at radius 3 is 2.90 bits per heavy atom. The summed E-state index contributed by atoms with van der Waals surface area (Å²) in [5.74, 6) is 0.445. The monoisotopic (exact) mass is 270 g/mol. The Hall–Kier alpha value is -2.10. The summed E-state index contributed by atoms with van der Waals surface area (Å²) < 4.78 is 0. The topological polar surface area (TPSA) is 62.2 Å². The van der Waals surface area contributed by atoms with E-state index in [0.717, 1.165) is 29.8 Å². The molecule has 1 aromatic carbocycles. The van der Waals surface area contributed by atoms with E-state index in [1.807, 2.05) is 24.3 Å². The third-order valence-electron chi connectivity index (χ3n) is 3.73. The molecule has 0 unspecified atom stereocenters. The summed E-state index contributed by atoms with van der Waals surface area (Å²) in [6, 6.07) is 9.26. The van der Waals surface area contributed by atoms with Crippen LogP contribution in [0.25, 0.3) is 10.9 Å². The van der Waals surface area contributed by atoms with Crippen molar-refractivity contribution >= 4 is 22.7 Å². The van der Waals surface area contributed by atoms with Crippen LogP contribution in [-0.2, 0) is 0 Å². The fraction of sp³-hybridized carbons (Fsp3) is 0.375. The van der Waals surface area contributed by atoms with Gasteiger partial charge in [-0.25, -0.2) is 9.78 Å². The first-order chi connectivity index (χ1) is 9.74. The van der Waals surface area contributed by atoms with E-state index in [9.17, 15) is 9.90 Å². The molecule has 1 aliphatic carbocycles. The zero-order valence-electron chi connectivity index (χ0n) is 11.3. The van der Waals surface area contributed by atoms with Crippen molar-refractivity contribution in [2.45, 2.75) is 25.7 Å². The largest absolute Gasteiger partial charge is 0.478 e. The number of benzene rings is 1. The molecule has 0 spiro atoms. The number of fused-ring (bicyclic) bond motifs is 1. The van der Waals surface area contributed by atoms with Crippen LogP contribution in [0.5, 0.6) is 0 Å². The maximum absolute atomic E-state index is 11.3. The highest BCUT2D eigenvalue weighted by atomic mass is 16.4. The van der Waals surface area contributed by atoms with Gasteiger partial charge in [0, 0.05) is 11.9 Å². The number of hydrogen-bond acceptors (Lipinski definition) is 3. The Kier molecular flexibility index (Phi) is 3.54. The maximum Gasteiger partial charge on any atom is 0.339 e. The number of nitrogens with one attached hydrogen (secondary N) is 1. The van der Waals surface area contributed by atoms with Gasteiger partial charge < -0.3 is 10.4 Å². The van der Waals surface area contributed by atoms with E-state index in [0.29, 0.717) is 5.82 Å². The van der Waals surface area contributed by atoms with Gasteiger partial charge >= 0.3 is 5.97 Å². The number of anilines is 1. The summed E-state index contributed by atoms with van der Waals surface area (Å²) in [6.45, 7) is 0.780. The molecule has 2 aromatic rings. The molecule has 0 bridgehead atoms.